The Morgan fingerprint density at radius 3 is 1.62 bits per heavy atom. The van der Waals surface area contributed by atoms with Crippen molar-refractivity contribution in [3.63, 3.8) is 0 Å². The molecule has 1 unspecified atom stereocenters. The highest BCUT2D eigenvalue weighted by Crippen LogP contribution is 1.91. The normalized spacial score (nSPS) is 12.6. The molecule has 16 heavy (non-hydrogen) atoms. The lowest BCUT2D eigenvalue weighted by atomic mass is 10.3. The molecule has 0 spiro atoms. The first-order valence-corrected chi connectivity index (χ1v) is 5.69. The van der Waals surface area contributed by atoms with Crippen molar-refractivity contribution in [2.45, 2.75) is 13.0 Å². The number of rotatable bonds is 7. The van der Waals surface area contributed by atoms with Crippen LogP contribution in [0.3, 0.4) is 0 Å². The highest BCUT2D eigenvalue weighted by molar-refractivity contribution is 4.61. The molecule has 5 heteroatoms. The van der Waals surface area contributed by atoms with E-state index in [1.165, 1.54) is 0 Å². The number of aliphatic hydroxyl groups is 2. The summed E-state index contributed by atoms with van der Waals surface area (Å²) in [4.78, 5) is 4.42. The van der Waals surface area contributed by atoms with Crippen LogP contribution in [0.4, 0.5) is 0 Å². The lowest BCUT2D eigenvalue weighted by Crippen LogP contribution is -2.34. The third-order valence-electron chi connectivity index (χ3n) is 2.09. The summed E-state index contributed by atoms with van der Waals surface area (Å²) in [5.74, 6) is 0. The Bertz CT molecular complexity index is 128. The van der Waals surface area contributed by atoms with Crippen LogP contribution in [0.25, 0.3) is 0 Å². The van der Waals surface area contributed by atoms with Gasteiger partial charge in [0.15, 0.2) is 0 Å². The Balaban J connectivity index is 0. The van der Waals surface area contributed by atoms with E-state index in [1.54, 1.807) is 0 Å². The zero-order chi connectivity index (χ0) is 13.0. The number of nitrogens with zero attached hydrogens (tertiary/aromatic N) is 2. The summed E-state index contributed by atoms with van der Waals surface area (Å²) in [5.41, 5.74) is 0. The van der Waals surface area contributed by atoms with Gasteiger partial charge in [0.05, 0.1) is 13.2 Å². The summed E-state index contributed by atoms with van der Waals surface area (Å²) < 4.78 is 0. The summed E-state index contributed by atoms with van der Waals surface area (Å²) in [6.45, 7) is 4.77. The monoisotopic (exact) mass is 235 g/mol. The second-order valence-corrected chi connectivity index (χ2v) is 4.27. The van der Waals surface area contributed by atoms with Crippen LogP contribution in [0.5, 0.6) is 0 Å². The van der Waals surface area contributed by atoms with Gasteiger partial charge in [-0.15, -0.1) is 0 Å². The molecule has 0 aromatic rings. The summed E-state index contributed by atoms with van der Waals surface area (Å²) in [5, 5.41) is 19.1. The van der Waals surface area contributed by atoms with Gasteiger partial charge in [-0.1, -0.05) is 0 Å². The fourth-order valence-electron chi connectivity index (χ4n) is 0.975. The minimum Gasteiger partial charge on any atom is -0.395 e. The molecular formula is C11H29N3O2. The van der Waals surface area contributed by atoms with Crippen molar-refractivity contribution < 1.29 is 10.2 Å². The number of hydrogen-bond donors (Lipinski definition) is 3. The molecule has 0 aliphatic carbocycles. The van der Waals surface area contributed by atoms with Crippen molar-refractivity contribution in [1.82, 2.24) is 15.1 Å². The van der Waals surface area contributed by atoms with Gasteiger partial charge in [0, 0.05) is 25.7 Å². The predicted molar refractivity (Wildman–Crippen MR) is 68.7 cm³/mol. The molecule has 0 aromatic carbocycles. The lowest BCUT2D eigenvalue weighted by Gasteiger charge is -2.22. The fraction of sp³-hybridized carbons (Fsp3) is 1.00. The Morgan fingerprint density at radius 1 is 1.00 bits per heavy atom. The third kappa shape index (κ3) is 16.2. The average Bonchev–Trinajstić information content (AvgIpc) is 2.18. The first-order valence-electron chi connectivity index (χ1n) is 5.69. The van der Waals surface area contributed by atoms with Crippen molar-refractivity contribution in [2.24, 2.45) is 0 Å². The molecule has 5 nitrogen and oxygen atoms in total. The van der Waals surface area contributed by atoms with Crippen LogP contribution < -0.4 is 5.32 Å². The van der Waals surface area contributed by atoms with E-state index < -0.39 is 0 Å². The minimum absolute atomic E-state index is 0.139. The van der Waals surface area contributed by atoms with Gasteiger partial charge in [-0.05, 0) is 35.1 Å². The number of likely N-dealkylation sites (N-methyl/N-ethyl adjacent to an activating group) is 2. The standard InChI is InChI=1S/C7H18N2.C4H11NO2/c1-7(9(4)5)6-8(2)3;6-3-1-5-2-4-7/h7H,6H2,1-5H3;5-7H,1-4H2. The van der Waals surface area contributed by atoms with Crippen LogP contribution in [0, 0.1) is 0 Å². The Morgan fingerprint density at radius 2 is 1.44 bits per heavy atom. The van der Waals surface area contributed by atoms with Crippen LogP contribution in [-0.4, -0.2) is 87.1 Å². The molecule has 0 saturated heterocycles. The van der Waals surface area contributed by atoms with Gasteiger partial charge in [-0.25, -0.2) is 0 Å². The van der Waals surface area contributed by atoms with Gasteiger partial charge < -0.3 is 25.3 Å². The second-order valence-electron chi connectivity index (χ2n) is 4.27. The van der Waals surface area contributed by atoms with Gasteiger partial charge in [-0.2, -0.15) is 0 Å². The topological polar surface area (TPSA) is 59.0 Å². The van der Waals surface area contributed by atoms with Gasteiger partial charge in [0.2, 0.25) is 0 Å². The quantitative estimate of drug-likeness (QED) is 0.497. The SMILES string of the molecule is CC(CN(C)C)N(C)C.OCCNCCO. The summed E-state index contributed by atoms with van der Waals surface area (Å²) in [6, 6.07) is 0.653. The largest absolute Gasteiger partial charge is 0.395 e. The predicted octanol–water partition coefficient (Wildman–Crippen LogP) is -0.941. The first kappa shape index (κ1) is 18.2. The molecule has 0 heterocycles. The number of aliphatic hydroxyl groups excluding tert-OH is 2. The zero-order valence-electron chi connectivity index (χ0n) is 11.4. The molecule has 3 N–H and O–H groups in total. The van der Waals surface area contributed by atoms with Crippen molar-refractivity contribution in [3.05, 3.63) is 0 Å². The van der Waals surface area contributed by atoms with Gasteiger partial charge in [0.1, 0.15) is 0 Å². The molecule has 0 rings (SSSR count). The smallest absolute Gasteiger partial charge is 0.0555 e. The van der Waals surface area contributed by atoms with E-state index in [-0.39, 0.29) is 13.2 Å². The maximum atomic E-state index is 8.15. The lowest BCUT2D eigenvalue weighted by molar-refractivity contribution is 0.244. The maximum absolute atomic E-state index is 8.15. The third-order valence-corrected chi connectivity index (χ3v) is 2.09. The summed E-state index contributed by atoms with van der Waals surface area (Å²) >= 11 is 0. The van der Waals surface area contributed by atoms with Gasteiger partial charge >= 0.3 is 0 Å². The van der Waals surface area contributed by atoms with E-state index >= 15 is 0 Å². The molecule has 0 aliphatic heterocycles. The molecule has 0 saturated carbocycles. The van der Waals surface area contributed by atoms with Crippen LogP contribution in [0.1, 0.15) is 6.92 Å². The summed E-state index contributed by atoms with van der Waals surface area (Å²) in [7, 11) is 8.41. The minimum atomic E-state index is 0.139. The Labute approximate surface area is 100 Å². The Hall–Kier alpha value is -0.200. The average molecular weight is 235 g/mol. The molecule has 0 aromatic heterocycles. The van der Waals surface area contributed by atoms with Crippen LogP contribution in [0.15, 0.2) is 0 Å². The number of hydrogen-bond acceptors (Lipinski definition) is 5. The maximum Gasteiger partial charge on any atom is 0.0555 e. The van der Waals surface area contributed by atoms with Crippen molar-refractivity contribution in [2.75, 3.05) is 61.0 Å². The first-order chi connectivity index (χ1) is 7.45. The summed E-state index contributed by atoms with van der Waals surface area (Å²) in [6.07, 6.45) is 0. The van der Waals surface area contributed by atoms with E-state index in [0.717, 1.165) is 6.54 Å². The zero-order valence-corrected chi connectivity index (χ0v) is 11.4. The highest BCUT2D eigenvalue weighted by atomic mass is 16.3. The fourth-order valence-corrected chi connectivity index (χ4v) is 0.975. The van der Waals surface area contributed by atoms with E-state index in [4.69, 9.17) is 10.2 Å². The van der Waals surface area contributed by atoms with Crippen molar-refractivity contribution in [1.29, 1.82) is 0 Å². The van der Waals surface area contributed by atoms with E-state index in [0.29, 0.717) is 19.1 Å². The van der Waals surface area contributed by atoms with Gasteiger partial charge in [0.25, 0.3) is 0 Å². The van der Waals surface area contributed by atoms with E-state index in [2.05, 4.69) is 50.2 Å². The van der Waals surface area contributed by atoms with E-state index in [9.17, 15) is 0 Å². The molecular weight excluding hydrogens is 206 g/mol. The molecule has 1 atom stereocenters. The molecule has 0 aliphatic rings. The number of nitrogens with one attached hydrogen (secondary N) is 1. The molecule has 0 fully saturated rings. The highest BCUT2D eigenvalue weighted by Gasteiger charge is 2.03. The van der Waals surface area contributed by atoms with E-state index in [1.807, 2.05) is 0 Å². The van der Waals surface area contributed by atoms with Crippen LogP contribution in [-0.2, 0) is 0 Å². The molecule has 100 valence electrons. The molecule has 0 bridgehead atoms. The van der Waals surface area contributed by atoms with Gasteiger partial charge in [-0.3, -0.25) is 0 Å². The second kappa shape index (κ2) is 12.9. The van der Waals surface area contributed by atoms with Crippen LogP contribution in [0.2, 0.25) is 0 Å². The van der Waals surface area contributed by atoms with Crippen molar-refractivity contribution >= 4 is 0 Å². The molecule has 0 radical (unpaired) electrons. The molecule has 0 amide bonds. The van der Waals surface area contributed by atoms with Crippen LogP contribution >= 0.6 is 0 Å². The Kier molecular flexibility index (Phi) is 14.6. The van der Waals surface area contributed by atoms with Crippen molar-refractivity contribution in [3.8, 4) is 0 Å².